The summed E-state index contributed by atoms with van der Waals surface area (Å²) in [5, 5.41) is 7.66. The van der Waals surface area contributed by atoms with Crippen LogP contribution in [0.2, 0.25) is 0 Å². The number of fused-ring (bicyclic) bond motifs is 1. The average Bonchev–Trinajstić information content (AvgIpc) is 3.31. The molecule has 0 spiro atoms. The fourth-order valence-corrected chi connectivity index (χ4v) is 4.53. The second kappa shape index (κ2) is 13.0. The standard InChI is InChI=1S/C28H34F3N5O2/c1-35-12-8-24(9-13-35)32-11-3-15-38-34-19-22-7-14-36-26(20-33-27(36)18-22)23-5-2-4-21(16-23)17-25(37)6-10-28(29,30)31/h2,4-5,7,14,16,18-20,24,32H,3,6,8-13,15,17H2,1H3/b34-19-. The van der Waals surface area contributed by atoms with Crippen LogP contribution in [-0.4, -0.2) is 71.8 Å². The van der Waals surface area contributed by atoms with Gasteiger partial charge in [0.15, 0.2) is 0 Å². The molecule has 1 aromatic carbocycles. The molecule has 2 aromatic heterocycles. The van der Waals surface area contributed by atoms with Crippen molar-refractivity contribution in [1.82, 2.24) is 19.6 Å². The van der Waals surface area contributed by atoms with E-state index >= 15 is 0 Å². The number of nitrogens with zero attached hydrogens (tertiary/aromatic N) is 4. The van der Waals surface area contributed by atoms with Crippen molar-refractivity contribution >= 4 is 17.6 Å². The molecule has 3 heterocycles. The number of likely N-dealkylation sites (tertiary alicyclic amines) is 1. The Labute approximate surface area is 220 Å². The fourth-order valence-electron chi connectivity index (χ4n) is 4.53. The van der Waals surface area contributed by atoms with Gasteiger partial charge in [0, 0.05) is 36.2 Å². The Morgan fingerprint density at radius 3 is 2.84 bits per heavy atom. The summed E-state index contributed by atoms with van der Waals surface area (Å²) in [5.74, 6) is -0.433. The molecule has 38 heavy (non-hydrogen) atoms. The minimum atomic E-state index is -4.33. The molecule has 204 valence electrons. The minimum Gasteiger partial charge on any atom is -0.396 e. The summed E-state index contributed by atoms with van der Waals surface area (Å²) in [6.07, 6.45) is 2.57. The van der Waals surface area contributed by atoms with Crippen LogP contribution in [0.4, 0.5) is 13.2 Å². The first-order chi connectivity index (χ1) is 18.3. The van der Waals surface area contributed by atoms with Crippen LogP contribution in [-0.2, 0) is 16.1 Å². The molecule has 4 rings (SSSR count). The van der Waals surface area contributed by atoms with Gasteiger partial charge in [-0.05, 0) is 69.7 Å². The Hall–Kier alpha value is -3.24. The lowest BCUT2D eigenvalue weighted by Crippen LogP contribution is -2.41. The molecule has 0 bridgehead atoms. The van der Waals surface area contributed by atoms with E-state index in [0.29, 0.717) is 18.2 Å². The number of hydrogen-bond acceptors (Lipinski definition) is 6. The molecular weight excluding hydrogens is 495 g/mol. The van der Waals surface area contributed by atoms with Crippen molar-refractivity contribution in [2.45, 2.75) is 50.7 Å². The van der Waals surface area contributed by atoms with Gasteiger partial charge in [0.1, 0.15) is 18.0 Å². The molecule has 0 aliphatic carbocycles. The van der Waals surface area contributed by atoms with Crippen molar-refractivity contribution in [2.75, 3.05) is 33.3 Å². The highest BCUT2D eigenvalue weighted by molar-refractivity contribution is 5.82. The molecule has 0 radical (unpaired) electrons. The van der Waals surface area contributed by atoms with Gasteiger partial charge in [0.2, 0.25) is 0 Å². The molecule has 1 aliphatic rings. The molecule has 0 saturated carbocycles. The van der Waals surface area contributed by atoms with E-state index in [9.17, 15) is 18.0 Å². The Balaban J connectivity index is 1.27. The monoisotopic (exact) mass is 529 g/mol. The fraction of sp³-hybridized carbons (Fsp3) is 0.464. The number of rotatable bonds is 12. The number of pyridine rings is 1. The lowest BCUT2D eigenvalue weighted by atomic mass is 10.0. The normalized spacial score (nSPS) is 15.5. The number of nitrogens with one attached hydrogen (secondary N) is 1. The number of Topliss-reactive ketones (excluding diaryl/α,β-unsaturated/α-hetero) is 1. The van der Waals surface area contributed by atoms with Crippen molar-refractivity contribution in [3.05, 3.63) is 59.9 Å². The van der Waals surface area contributed by atoms with Gasteiger partial charge in [-0.1, -0.05) is 23.4 Å². The smallest absolute Gasteiger partial charge is 0.389 e. The van der Waals surface area contributed by atoms with Gasteiger partial charge < -0.3 is 15.1 Å². The zero-order valence-corrected chi connectivity index (χ0v) is 21.6. The van der Waals surface area contributed by atoms with Crippen LogP contribution >= 0.6 is 0 Å². The maximum atomic E-state index is 12.4. The number of alkyl halides is 3. The van der Waals surface area contributed by atoms with E-state index in [1.165, 1.54) is 12.8 Å². The van der Waals surface area contributed by atoms with Crippen molar-refractivity contribution in [1.29, 1.82) is 0 Å². The van der Waals surface area contributed by atoms with Crippen LogP contribution in [0, 0.1) is 0 Å². The van der Waals surface area contributed by atoms with Crippen LogP contribution in [0.15, 0.2) is 53.9 Å². The van der Waals surface area contributed by atoms with E-state index in [4.69, 9.17) is 4.84 Å². The number of oxime groups is 1. The summed E-state index contributed by atoms with van der Waals surface area (Å²) in [5.41, 5.74) is 3.90. The van der Waals surface area contributed by atoms with Crippen LogP contribution in [0.25, 0.3) is 16.9 Å². The molecule has 1 N–H and O–H groups in total. The molecule has 7 nitrogen and oxygen atoms in total. The molecule has 1 saturated heterocycles. The molecule has 0 amide bonds. The van der Waals surface area contributed by atoms with E-state index in [0.717, 1.165) is 48.5 Å². The van der Waals surface area contributed by atoms with Gasteiger partial charge >= 0.3 is 6.18 Å². The van der Waals surface area contributed by atoms with Crippen molar-refractivity contribution < 1.29 is 22.8 Å². The number of benzene rings is 1. The predicted octanol–water partition coefficient (Wildman–Crippen LogP) is 4.88. The number of carbonyl (C=O) groups excluding carboxylic acids is 1. The minimum absolute atomic E-state index is 0.0322. The maximum absolute atomic E-state index is 12.4. The second-order valence-corrected chi connectivity index (χ2v) is 9.82. The predicted molar refractivity (Wildman–Crippen MR) is 141 cm³/mol. The molecule has 1 fully saturated rings. The molecule has 10 heteroatoms. The van der Waals surface area contributed by atoms with Gasteiger partial charge in [-0.3, -0.25) is 9.20 Å². The van der Waals surface area contributed by atoms with Gasteiger partial charge in [-0.15, -0.1) is 0 Å². The number of halogens is 3. The summed E-state index contributed by atoms with van der Waals surface area (Å²) in [6, 6.07) is 11.6. The van der Waals surface area contributed by atoms with E-state index in [1.54, 1.807) is 24.5 Å². The van der Waals surface area contributed by atoms with Crippen LogP contribution < -0.4 is 5.32 Å². The molecular formula is C28H34F3N5O2. The highest BCUT2D eigenvalue weighted by atomic mass is 19.4. The van der Waals surface area contributed by atoms with Crippen molar-refractivity contribution in [3.63, 3.8) is 0 Å². The zero-order valence-electron chi connectivity index (χ0n) is 21.6. The largest absolute Gasteiger partial charge is 0.396 e. The van der Waals surface area contributed by atoms with Crippen LogP contribution in [0.1, 0.15) is 43.2 Å². The van der Waals surface area contributed by atoms with Crippen molar-refractivity contribution in [3.8, 4) is 11.3 Å². The Bertz CT molecular complexity index is 1230. The molecule has 3 aromatic rings. The quantitative estimate of drug-likeness (QED) is 0.206. The van der Waals surface area contributed by atoms with Gasteiger partial charge in [-0.2, -0.15) is 13.2 Å². The Morgan fingerprint density at radius 1 is 1.24 bits per heavy atom. The van der Waals surface area contributed by atoms with E-state index in [-0.39, 0.29) is 6.42 Å². The lowest BCUT2D eigenvalue weighted by Gasteiger charge is -2.29. The topological polar surface area (TPSA) is 71.2 Å². The second-order valence-electron chi connectivity index (χ2n) is 9.82. The molecule has 0 unspecified atom stereocenters. The zero-order chi connectivity index (χ0) is 27.0. The van der Waals surface area contributed by atoms with E-state index in [2.05, 4.69) is 27.4 Å². The van der Waals surface area contributed by atoms with Gasteiger partial charge in [-0.25, -0.2) is 4.98 Å². The number of piperidine rings is 1. The van der Waals surface area contributed by atoms with Gasteiger partial charge in [0.25, 0.3) is 0 Å². The maximum Gasteiger partial charge on any atom is 0.389 e. The summed E-state index contributed by atoms with van der Waals surface area (Å²) in [4.78, 5) is 24.2. The summed E-state index contributed by atoms with van der Waals surface area (Å²) in [6.45, 7) is 3.74. The highest BCUT2D eigenvalue weighted by Crippen LogP contribution is 2.24. The third kappa shape index (κ3) is 8.39. The van der Waals surface area contributed by atoms with Crippen LogP contribution in [0.5, 0.6) is 0 Å². The summed E-state index contributed by atoms with van der Waals surface area (Å²) in [7, 11) is 2.16. The number of hydrogen-bond donors (Lipinski definition) is 1. The average molecular weight is 530 g/mol. The van der Waals surface area contributed by atoms with E-state index in [1.807, 2.05) is 34.9 Å². The highest BCUT2D eigenvalue weighted by Gasteiger charge is 2.27. The molecule has 0 atom stereocenters. The molecule has 1 aliphatic heterocycles. The van der Waals surface area contributed by atoms with Crippen molar-refractivity contribution in [2.24, 2.45) is 5.16 Å². The number of imidazole rings is 1. The number of ketones is 1. The number of aromatic nitrogens is 2. The lowest BCUT2D eigenvalue weighted by molar-refractivity contribution is -0.143. The van der Waals surface area contributed by atoms with E-state index < -0.39 is 24.8 Å². The van der Waals surface area contributed by atoms with Crippen LogP contribution in [0.3, 0.4) is 0 Å². The third-order valence-electron chi connectivity index (χ3n) is 6.69. The SMILES string of the molecule is CN1CCC(NCCCO/N=C\c2ccn3c(-c4cccc(CC(=O)CCC(F)(F)F)c4)cnc3c2)CC1. The summed E-state index contributed by atoms with van der Waals surface area (Å²) < 4.78 is 39.1. The first kappa shape index (κ1) is 27.8. The first-order valence-electron chi connectivity index (χ1n) is 13.0. The third-order valence-corrected chi connectivity index (χ3v) is 6.69. The Morgan fingerprint density at radius 2 is 2.05 bits per heavy atom. The number of carbonyl (C=O) groups is 1. The Kier molecular flexibility index (Phi) is 9.52. The summed E-state index contributed by atoms with van der Waals surface area (Å²) >= 11 is 0. The van der Waals surface area contributed by atoms with Gasteiger partial charge in [0.05, 0.1) is 24.5 Å². The first-order valence-corrected chi connectivity index (χ1v) is 13.0.